The van der Waals surface area contributed by atoms with Crippen LogP contribution in [0.5, 0.6) is 0 Å². The maximum absolute atomic E-state index is 3.38. The Kier molecular flexibility index (Phi) is 7.06. The summed E-state index contributed by atoms with van der Waals surface area (Å²) in [5.74, 6) is 2.02. The Bertz CT molecular complexity index is 170. The van der Waals surface area contributed by atoms with Gasteiger partial charge in [0.05, 0.1) is 0 Å². The molecule has 0 heterocycles. The van der Waals surface area contributed by atoms with E-state index < -0.39 is 0 Å². The van der Waals surface area contributed by atoms with Gasteiger partial charge in [-0.1, -0.05) is 26.7 Å². The van der Waals surface area contributed by atoms with E-state index in [1.807, 2.05) is 0 Å². The van der Waals surface area contributed by atoms with Gasteiger partial charge in [0, 0.05) is 6.54 Å². The fourth-order valence-electron chi connectivity index (χ4n) is 2.31. The van der Waals surface area contributed by atoms with Crippen LogP contribution in [0.3, 0.4) is 0 Å². The molecule has 1 aliphatic rings. The maximum Gasteiger partial charge on any atom is 0.000926 e. The first-order valence-electron chi connectivity index (χ1n) is 7.13. The molecule has 0 aliphatic heterocycles. The largest absolute Gasteiger partial charge is 0.317 e. The lowest BCUT2D eigenvalue weighted by molar-refractivity contribution is 0.306. The van der Waals surface area contributed by atoms with Crippen molar-refractivity contribution in [1.82, 2.24) is 10.2 Å². The highest BCUT2D eigenvalue weighted by molar-refractivity contribution is 4.84. The predicted molar refractivity (Wildman–Crippen MR) is 71.8 cm³/mol. The molecule has 1 fully saturated rings. The third-order valence-corrected chi connectivity index (χ3v) is 3.72. The summed E-state index contributed by atoms with van der Waals surface area (Å²) in [4.78, 5) is 2.53. The second kappa shape index (κ2) is 8.08. The SMILES string of the molecule is CCNCCCCCCN(C)CC1CC1C. The van der Waals surface area contributed by atoms with Crippen LogP contribution in [-0.4, -0.2) is 38.1 Å². The van der Waals surface area contributed by atoms with Crippen molar-refractivity contribution < 1.29 is 0 Å². The van der Waals surface area contributed by atoms with E-state index in [1.165, 1.54) is 51.7 Å². The average Bonchev–Trinajstić information content (AvgIpc) is 2.93. The molecule has 0 aromatic carbocycles. The van der Waals surface area contributed by atoms with Crippen molar-refractivity contribution >= 4 is 0 Å². The van der Waals surface area contributed by atoms with E-state index in [1.54, 1.807) is 0 Å². The normalized spacial score (nSPS) is 24.0. The monoisotopic (exact) mass is 226 g/mol. The Hall–Kier alpha value is -0.0800. The van der Waals surface area contributed by atoms with Gasteiger partial charge < -0.3 is 10.2 Å². The molecule has 2 atom stereocenters. The third-order valence-electron chi connectivity index (χ3n) is 3.72. The highest BCUT2D eigenvalue weighted by Crippen LogP contribution is 2.37. The molecule has 0 amide bonds. The molecule has 1 rings (SSSR count). The lowest BCUT2D eigenvalue weighted by atomic mass is 10.2. The van der Waals surface area contributed by atoms with Crippen molar-refractivity contribution in [3.05, 3.63) is 0 Å². The zero-order chi connectivity index (χ0) is 11.8. The van der Waals surface area contributed by atoms with Crippen LogP contribution in [0.15, 0.2) is 0 Å². The minimum atomic E-state index is 1.00. The number of hydrogen-bond acceptors (Lipinski definition) is 2. The molecule has 0 aromatic rings. The van der Waals surface area contributed by atoms with E-state index in [0.29, 0.717) is 0 Å². The zero-order valence-electron chi connectivity index (χ0n) is 11.5. The summed E-state index contributed by atoms with van der Waals surface area (Å²) >= 11 is 0. The number of nitrogens with zero attached hydrogens (tertiary/aromatic N) is 1. The quantitative estimate of drug-likeness (QED) is 0.576. The van der Waals surface area contributed by atoms with Crippen LogP contribution < -0.4 is 5.32 Å². The minimum absolute atomic E-state index is 1.00. The van der Waals surface area contributed by atoms with E-state index in [-0.39, 0.29) is 0 Å². The second-order valence-corrected chi connectivity index (χ2v) is 5.50. The van der Waals surface area contributed by atoms with Gasteiger partial charge in [0.25, 0.3) is 0 Å². The molecule has 0 spiro atoms. The van der Waals surface area contributed by atoms with Crippen molar-refractivity contribution in [2.45, 2.75) is 46.0 Å². The first-order chi connectivity index (χ1) is 7.74. The minimum Gasteiger partial charge on any atom is -0.317 e. The van der Waals surface area contributed by atoms with Gasteiger partial charge >= 0.3 is 0 Å². The van der Waals surface area contributed by atoms with Gasteiger partial charge in [-0.25, -0.2) is 0 Å². The van der Waals surface area contributed by atoms with Crippen LogP contribution in [0, 0.1) is 11.8 Å². The van der Waals surface area contributed by atoms with Gasteiger partial charge in [0.2, 0.25) is 0 Å². The van der Waals surface area contributed by atoms with Crippen molar-refractivity contribution in [3.8, 4) is 0 Å². The zero-order valence-corrected chi connectivity index (χ0v) is 11.5. The molecule has 1 aliphatic carbocycles. The third kappa shape index (κ3) is 6.49. The van der Waals surface area contributed by atoms with Crippen LogP contribution >= 0.6 is 0 Å². The summed E-state index contributed by atoms with van der Waals surface area (Å²) in [6.45, 7) is 9.49. The lowest BCUT2D eigenvalue weighted by Gasteiger charge is -2.16. The molecule has 1 N–H and O–H groups in total. The molecule has 0 bridgehead atoms. The van der Waals surface area contributed by atoms with Gasteiger partial charge in [-0.15, -0.1) is 0 Å². The van der Waals surface area contributed by atoms with Gasteiger partial charge in [0.1, 0.15) is 0 Å². The number of rotatable bonds is 10. The standard InChI is InChI=1S/C14H30N2/c1-4-15-9-7-5-6-8-10-16(3)12-14-11-13(14)2/h13-15H,4-12H2,1-3H3. The Morgan fingerprint density at radius 1 is 1.19 bits per heavy atom. The van der Waals surface area contributed by atoms with Crippen LogP contribution in [0.1, 0.15) is 46.0 Å². The Morgan fingerprint density at radius 3 is 2.50 bits per heavy atom. The van der Waals surface area contributed by atoms with E-state index in [2.05, 4.69) is 31.1 Å². The summed E-state index contributed by atoms with van der Waals surface area (Å²) in [6, 6.07) is 0. The average molecular weight is 226 g/mol. The van der Waals surface area contributed by atoms with Gasteiger partial charge in [-0.2, -0.15) is 0 Å². The molecule has 16 heavy (non-hydrogen) atoms. The van der Waals surface area contributed by atoms with Gasteiger partial charge in [-0.05, 0) is 57.8 Å². The van der Waals surface area contributed by atoms with Crippen molar-refractivity contribution in [2.24, 2.45) is 11.8 Å². The summed E-state index contributed by atoms with van der Waals surface area (Å²) in [7, 11) is 2.28. The van der Waals surface area contributed by atoms with Crippen LogP contribution in [-0.2, 0) is 0 Å². The first kappa shape index (κ1) is 14.0. The molecule has 0 radical (unpaired) electrons. The fraction of sp³-hybridized carbons (Fsp3) is 1.00. The second-order valence-electron chi connectivity index (χ2n) is 5.50. The summed E-state index contributed by atoms with van der Waals surface area (Å²) < 4.78 is 0. The summed E-state index contributed by atoms with van der Waals surface area (Å²) in [5, 5.41) is 3.38. The molecular weight excluding hydrogens is 196 g/mol. The Labute approximate surface area is 102 Å². The molecule has 0 saturated heterocycles. The number of nitrogens with one attached hydrogen (secondary N) is 1. The molecule has 2 heteroatoms. The van der Waals surface area contributed by atoms with E-state index in [0.717, 1.165) is 18.4 Å². The fourth-order valence-corrected chi connectivity index (χ4v) is 2.31. The Morgan fingerprint density at radius 2 is 1.88 bits per heavy atom. The van der Waals surface area contributed by atoms with E-state index in [4.69, 9.17) is 0 Å². The topological polar surface area (TPSA) is 15.3 Å². The highest BCUT2D eigenvalue weighted by Gasteiger charge is 2.32. The van der Waals surface area contributed by atoms with Crippen LogP contribution in [0.4, 0.5) is 0 Å². The molecule has 2 nitrogen and oxygen atoms in total. The van der Waals surface area contributed by atoms with Crippen molar-refractivity contribution in [1.29, 1.82) is 0 Å². The van der Waals surface area contributed by atoms with Crippen molar-refractivity contribution in [2.75, 3.05) is 33.2 Å². The van der Waals surface area contributed by atoms with Gasteiger partial charge in [0.15, 0.2) is 0 Å². The first-order valence-corrected chi connectivity index (χ1v) is 7.13. The number of hydrogen-bond donors (Lipinski definition) is 1. The predicted octanol–water partition coefficient (Wildman–Crippen LogP) is 2.74. The van der Waals surface area contributed by atoms with E-state index >= 15 is 0 Å². The molecule has 1 saturated carbocycles. The van der Waals surface area contributed by atoms with Crippen molar-refractivity contribution in [3.63, 3.8) is 0 Å². The molecule has 0 aromatic heterocycles. The van der Waals surface area contributed by atoms with Gasteiger partial charge in [-0.3, -0.25) is 0 Å². The molecule has 96 valence electrons. The lowest BCUT2D eigenvalue weighted by Crippen LogP contribution is -2.22. The molecular formula is C14H30N2. The summed E-state index contributed by atoms with van der Waals surface area (Å²) in [5.41, 5.74) is 0. The molecule has 2 unspecified atom stereocenters. The van der Waals surface area contributed by atoms with Crippen LogP contribution in [0.25, 0.3) is 0 Å². The Balaban J connectivity index is 1.79. The van der Waals surface area contributed by atoms with E-state index in [9.17, 15) is 0 Å². The maximum atomic E-state index is 3.38. The van der Waals surface area contributed by atoms with Crippen LogP contribution in [0.2, 0.25) is 0 Å². The summed E-state index contributed by atoms with van der Waals surface area (Å²) in [6.07, 6.45) is 6.98. The number of unbranched alkanes of at least 4 members (excludes halogenated alkanes) is 3. The smallest absolute Gasteiger partial charge is 0.000926 e. The highest BCUT2D eigenvalue weighted by atomic mass is 15.1.